The van der Waals surface area contributed by atoms with E-state index in [1.165, 1.54) is 5.56 Å². The number of fused-ring (bicyclic) bond motifs is 1. The number of carbonyl (C=O) groups excluding carboxylic acids is 1. The molecule has 1 heterocycles. The van der Waals surface area contributed by atoms with Crippen molar-refractivity contribution >= 4 is 16.7 Å². The van der Waals surface area contributed by atoms with E-state index in [1.54, 1.807) is 35.9 Å². The van der Waals surface area contributed by atoms with Crippen LogP contribution >= 0.6 is 0 Å². The van der Waals surface area contributed by atoms with E-state index in [2.05, 4.69) is 5.32 Å². The molecule has 27 heavy (non-hydrogen) atoms. The highest BCUT2D eigenvalue weighted by Gasteiger charge is 2.29. The lowest BCUT2D eigenvalue weighted by Gasteiger charge is -2.14. The van der Waals surface area contributed by atoms with Crippen molar-refractivity contribution in [1.82, 2.24) is 9.88 Å². The molecule has 0 saturated heterocycles. The first-order chi connectivity index (χ1) is 13.2. The van der Waals surface area contributed by atoms with Crippen LogP contribution < -0.4 is 15.6 Å². The quantitative estimate of drug-likeness (QED) is 0.732. The minimum absolute atomic E-state index is 0.106. The van der Waals surface area contributed by atoms with Gasteiger partial charge in [-0.2, -0.15) is 0 Å². The van der Waals surface area contributed by atoms with Crippen LogP contribution in [0.4, 0.5) is 0 Å². The normalized spacial score (nSPS) is 13.5. The first-order valence-corrected chi connectivity index (χ1v) is 9.23. The van der Waals surface area contributed by atoms with E-state index in [0.717, 1.165) is 24.6 Å². The third-order valence-electron chi connectivity index (χ3n) is 4.95. The van der Waals surface area contributed by atoms with Crippen LogP contribution in [-0.4, -0.2) is 24.1 Å². The first-order valence-electron chi connectivity index (χ1n) is 9.23. The zero-order valence-corrected chi connectivity index (χ0v) is 15.3. The van der Waals surface area contributed by atoms with Crippen molar-refractivity contribution in [3.05, 3.63) is 76.2 Å². The molecule has 1 fully saturated rings. The summed E-state index contributed by atoms with van der Waals surface area (Å²) >= 11 is 0. The van der Waals surface area contributed by atoms with E-state index < -0.39 is 0 Å². The Morgan fingerprint density at radius 3 is 2.63 bits per heavy atom. The Balaban J connectivity index is 1.63. The smallest absolute Gasteiger partial charge is 0.268 e. The third-order valence-corrected chi connectivity index (χ3v) is 4.95. The Morgan fingerprint density at radius 2 is 1.93 bits per heavy atom. The molecule has 2 aromatic carbocycles. The predicted molar refractivity (Wildman–Crippen MR) is 106 cm³/mol. The molecule has 1 amide bonds. The molecular weight excluding hydrogens is 340 g/mol. The Labute approximate surface area is 157 Å². The highest BCUT2D eigenvalue weighted by molar-refractivity contribution is 5.97. The van der Waals surface area contributed by atoms with Crippen molar-refractivity contribution in [2.75, 3.05) is 13.7 Å². The average molecular weight is 362 g/mol. The van der Waals surface area contributed by atoms with E-state index in [0.29, 0.717) is 23.4 Å². The first kappa shape index (κ1) is 17.3. The molecule has 1 aliphatic carbocycles. The molecule has 3 aromatic rings. The van der Waals surface area contributed by atoms with Gasteiger partial charge >= 0.3 is 0 Å². The minimum Gasteiger partial charge on any atom is -0.497 e. The highest BCUT2D eigenvalue weighted by atomic mass is 16.5. The maximum absolute atomic E-state index is 13.0. The van der Waals surface area contributed by atoms with Gasteiger partial charge in [0.25, 0.3) is 11.5 Å². The van der Waals surface area contributed by atoms with Gasteiger partial charge in [-0.25, -0.2) is 0 Å². The molecular formula is C22H22N2O3. The van der Waals surface area contributed by atoms with Crippen molar-refractivity contribution < 1.29 is 9.53 Å². The lowest BCUT2D eigenvalue weighted by atomic mass is 10.1. The lowest BCUT2D eigenvalue weighted by molar-refractivity contribution is 0.0943. The molecule has 0 spiro atoms. The third kappa shape index (κ3) is 3.58. The molecule has 1 saturated carbocycles. The summed E-state index contributed by atoms with van der Waals surface area (Å²) in [6, 6.07) is 17.3. The second-order valence-corrected chi connectivity index (χ2v) is 6.88. The van der Waals surface area contributed by atoms with Gasteiger partial charge in [-0.15, -0.1) is 0 Å². The SMILES string of the molecule is COc1ccc2c(=O)n(C3CC3)c(C(=O)NCCc3ccccc3)cc2c1. The number of pyridine rings is 1. The highest BCUT2D eigenvalue weighted by Crippen LogP contribution is 2.35. The number of aromatic nitrogens is 1. The maximum atomic E-state index is 13.0. The standard InChI is InChI=1S/C22H22N2O3/c1-27-18-9-10-19-16(13-18)14-20(24(22(19)26)17-7-8-17)21(25)23-12-11-15-5-3-2-4-6-15/h2-6,9-10,13-14,17H,7-8,11-12H2,1H3,(H,23,25). The summed E-state index contributed by atoms with van der Waals surface area (Å²) < 4.78 is 6.92. The molecule has 1 aromatic heterocycles. The molecule has 1 N–H and O–H groups in total. The number of benzene rings is 2. The molecule has 5 nitrogen and oxygen atoms in total. The summed E-state index contributed by atoms with van der Waals surface area (Å²) in [6.07, 6.45) is 2.62. The molecule has 0 unspecified atom stereocenters. The van der Waals surface area contributed by atoms with Gasteiger partial charge in [0.1, 0.15) is 11.4 Å². The van der Waals surface area contributed by atoms with Crippen LogP contribution in [0, 0.1) is 0 Å². The molecule has 0 aliphatic heterocycles. The Kier molecular flexibility index (Phi) is 4.67. The van der Waals surface area contributed by atoms with Crippen molar-refractivity contribution in [1.29, 1.82) is 0 Å². The van der Waals surface area contributed by atoms with Crippen molar-refractivity contribution in [3.63, 3.8) is 0 Å². The van der Waals surface area contributed by atoms with Crippen LogP contribution in [0.25, 0.3) is 10.8 Å². The van der Waals surface area contributed by atoms with E-state index in [9.17, 15) is 9.59 Å². The number of nitrogens with one attached hydrogen (secondary N) is 1. The zero-order chi connectivity index (χ0) is 18.8. The number of amides is 1. The zero-order valence-electron chi connectivity index (χ0n) is 15.3. The molecule has 0 atom stereocenters. The van der Waals surface area contributed by atoms with Crippen LogP contribution in [0.15, 0.2) is 59.4 Å². The van der Waals surface area contributed by atoms with Crippen molar-refractivity contribution in [2.24, 2.45) is 0 Å². The van der Waals surface area contributed by atoms with Crippen molar-refractivity contribution in [3.8, 4) is 5.75 Å². The van der Waals surface area contributed by atoms with E-state index in [4.69, 9.17) is 4.74 Å². The number of carbonyl (C=O) groups is 1. The molecule has 0 radical (unpaired) electrons. The largest absolute Gasteiger partial charge is 0.497 e. The molecule has 4 rings (SSSR count). The topological polar surface area (TPSA) is 60.3 Å². The lowest BCUT2D eigenvalue weighted by Crippen LogP contribution is -2.33. The van der Waals surface area contributed by atoms with Crippen LogP contribution in [0.5, 0.6) is 5.75 Å². The van der Waals surface area contributed by atoms with Crippen LogP contribution in [0.2, 0.25) is 0 Å². The molecule has 1 aliphatic rings. The van der Waals surface area contributed by atoms with Gasteiger partial charge in [-0.3, -0.25) is 9.59 Å². The number of methoxy groups -OCH3 is 1. The van der Waals surface area contributed by atoms with Gasteiger partial charge in [-0.1, -0.05) is 30.3 Å². The number of rotatable bonds is 6. The molecule has 138 valence electrons. The summed E-state index contributed by atoms with van der Waals surface area (Å²) in [5.41, 5.74) is 1.49. The fraction of sp³-hybridized carbons (Fsp3) is 0.273. The predicted octanol–water partition coefficient (Wildman–Crippen LogP) is 3.32. The fourth-order valence-electron chi connectivity index (χ4n) is 3.36. The summed E-state index contributed by atoms with van der Waals surface area (Å²) in [6.45, 7) is 0.526. The fourth-order valence-corrected chi connectivity index (χ4v) is 3.36. The van der Waals surface area contributed by atoms with Gasteiger partial charge in [0.15, 0.2) is 0 Å². The summed E-state index contributed by atoms with van der Waals surface area (Å²) in [4.78, 5) is 25.8. The Morgan fingerprint density at radius 1 is 1.15 bits per heavy atom. The van der Waals surface area contributed by atoms with E-state index in [-0.39, 0.29) is 17.5 Å². The van der Waals surface area contributed by atoms with Gasteiger partial charge in [0, 0.05) is 18.0 Å². The second-order valence-electron chi connectivity index (χ2n) is 6.88. The monoisotopic (exact) mass is 362 g/mol. The van der Waals surface area contributed by atoms with Gasteiger partial charge in [0.2, 0.25) is 0 Å². The number of ether oxygens (including phenoxy) is 1. The van der Waals surface area contributed by atoms with Gasteiger partial charge in [0.05, 0.1) is 7.11 Å². The number of hydrogen-bond donors (Lipinski definition) is 1. The number of nitrogens with zero attached hydrogens (tertiary/aromatic N) is 1. The Bertz CT molecular complexity index is 1040. The van der Waals surface area contributed by atoms with E-state index >= 15 is 0 Å². The minimum atomic E-state index is -0.209. The van der Waals surface area contributed by atoms with Gasteiger partial charge < -0.3 is 14.6 Å². The summed E-state index contributed by atoms with van der Waals surface area (Å²) in [7, 11) is 1.59. The molecule has 5 heteroatoms. The Hall–Kier alpha value is -3.08. The maximum Gasteiger partial charge on any atom is 0.268 e. The number of hydrogen-bond acceptors (Lipinski definition) is 3. The van der Waals surface area contributed by atoms with E-state index in [1.807, 2.05) is 30.3 Å². The molecule has 0 bridgehead atoms. The average Bonchev–Trinajstić information content (AvgIpc) is 3.53. The van der Waals surface area contributed by atoms with Crippen molar-refractivity contribution in [2.45, 2.75) is 25.3 Å². The van der Waals surface area contributed by atoms with Crippen LogP contribution in [0.3, 0.4) is 0 Å². The van der Waals surface area contributed by atoms with Crippen LogP contribution in [-0.2, 0) is 6.42 Å². The van der Waals surface area contributed by atoms with Gasteiger partial charge in [-0.05, 0) is 54.5 Å². The second kappa shape index (κ2) is 7.27. The summed E-state index contributed by atoms with van der Waals surface area (Å²) in [5, 5.41) is 4.30. The van der Waals surface area contributed by atoms with Crippen LogP contribution in [0.1, 0.15) is 34.9 Å². The summed E-state index contributed by atoms with van der Waals surface area (Å²) in [5.74, 6) is 0.459.